The fraction of sp³-hybridized carbons (Fsp3) is 0.387. The molecular formula is C31H35N5O4. The van der Waals surface area contributed by atoms with Gasteiger partial charge < -0.3 is 19.7 Å². The van der Waals surface area contributed by atoms with E-state index >= 15 is 0 Å². The largest absolute Gasteiger partial charge is 0.502 e. The number of piperazine rings is 1. The second kappa shape index (κ2) is 12.5. The lowest BCUT2D eigenvalue weighted by molar-refractivity contribution is -0.144. The van der Waals surface area contributed by atoms with Crippen molar-refractivity contribution < 1.29 is 14.6 Å². The Morgan fingerprint density at radius 1 is 0.950 bits per heavy atom. The average molecular weight is 542 g/mol. The standard InChI is InChI=1S/C31H35N5O4/c1-22(2)36-14-13-35(20-27-29(37)30(38)33-21-32-27)28(31(36)39)26-11-9-24(10-12-26)4-3-23-5-7-25(8-6-23)19-34-15-17-40-18-16-34/h5-12,21-22,28,37H,13-20H2,1-2H3,(H,32,33,38). The summed E-state index contributed by atoms with van der Waals surface area (Å²) < 4.78 is 5.42. The molecule has 9 nitrogen and oxygen atoms in total. The van der Waals surface area contributed by atoms with Crippen LogP contribution in [0.5, 0.6) is 5.75 Å². The van der Waals surface area contributed by atoms with E-state index in [1.807, 2.05) is 60.0 Å². The van der Waals surface area contributed by atoms with Crippen molar-refractivity contribution in [2.24, 2.45) is 0 Å². The van der Waals surface area contributed by atoms with E-state index in [1.54, 1.807) is 0 Å². The van der Waals surface area contributed by atoms with E-state index in [4.69, 9.17) is 4.74 Å². The first kappa shape index (κ1) is 27.6. The van der Waals surface area contributed by atoms with Crippen molar-refractivity contribution in [3.8, 4) is 17.6 Å². The molecule has 3 heterocycles. The molecule has 0 radical (unpaired) electrons. The summed E-state index contributed by atoms with van der Waals surface area (Å²) in [7, 11) is 0. The number of rotatable bonds is 6. The van der Waals surface area contributed by atoms with Gasteiger partial charge in [0.05, 0.1) is 19.5 Å². The molecule has 2 aromatic carbocycles. The van der Waals surface area contributed by atoms with E-state index in [0.717, 1.165) is 49.5 Å². The summed E-state index contributed by atoms with van der Waals surface area (Å²) in [5.74, 6) is 6.04. The highest BCUT2D eigenvalue weighted by molar-refractivity contribution is 5.84. The van der Waals surface area contributed by atoms with Crippen LogP contribution < -0.4 is 5.56 Å². The highest BCUT2D eigenvalue weighted by Gasteiger charge is 2.37. The minimum atomic E-state index is -0.594. The molecular weight excluding hydrogens is 506 g/mol. The maximum atomic E-state index is 13.6. The molecule has 1 aromatic heterocycles. The van der Waals surface area contributed by atoms with E-state index in [2.05, 4.69) is 38.8 Å². The number of nitrogens with zero attached hydrogens (tertiary/aromatic N) is 4. The predicted molar refractivity (Wildman–Crippen MR) is 151 cm³/mol. The van der Waals surface area contributed by atoms with Crippen LogP contribution in [0.4, 0.5) is 0 Å². The van der Waals surface area contributed by atoms with Crippen LogP contribution >= 0.6 is 0 Å². The molecule has 2 fully saturated rings. The number of morpholine rings is 1. The van der Waals surface area contributed by atoms with Crippen LogP contribution in [0.1, 0.15) is 47.8 Å². The van der Waals surface area contributed by atoms with Gasteiger partial charge in [0.2, 0.25) is 11.7 Å². The number of aromatic hydroxyl groups is 1. The van der Waals surface area contributed by atoms with Crippen LogP contribution in [-0.2, 0) is 22.6 Å². The summed E-state index contributed by atoms with van der Waals surface area (Å²) >= 11 is 0. The number of hydrogen-bond donors (Lipinski definition) is 2. The van der Waals surface area contributed by atoms with Gasteiger partial charge in [-0.05, 0) is 49.2 Å². The molecule has 1 unspecified atom stereocenters. The van der Waals surface area contributed by atoms with Gasteiger partial charge in [0, 0.05) is 56.4 Å². The molecule has 2 saturated heterocycles. The van der Waals surface area contributed by atoms with Crippen LogP contribution in [0.2, 0.25) is 0 Å². The molecule has 3 aromatic rings. The molecule has 0 spiro atoms. The van der Waals surface area contributed by atoms with Crippen LogP contribution in [-0.4, -0.2) is 81.1 Å². The van der Waals surface area contributed by atoms with Crippen molar-refractivity contribution in [1.82, 2.24) is 24.7 Å². The second-order valence-corrected chi connectivity index (χ2v) is 10.5. The summed E-state index contributed by atoms with van der Waals surface area (Å²) in [4.78, 5) is 38.2. The van der Waals surface area contributed by atoms with E-state index in [1.165, 1.54) is 11.9 Å². The molecule has 2 N–H and O–H groups in total. The molecule has 40 heavy (non-hydrogen) atoms. The maximum absolute atomic E-state index is 13.6. The minimum Gasteiger partial charge on any atom is -0.502 e. The zero-order chi connectivity index (χ0) is 28.1. The lowest BCUT2D eigenvalue weighted by Crippen LogP contribution is -2.54. The summed E-state index contributed by atoms with van der Waals surface area (Å²) in [5.41, 5.74) is 3.54. The summed E-state index contributed by atoms with van der Waals surface area (Å²) in [5, 5.41) is 10.2. The van der Waals surface area contributed by atoms with Crippen LogP contribution in [0.25, 0.3) is 0 Å². The van der Waals surface area contributed by atoms with Gasteiger partial charge in [-0.1, -0.05) is 36.1 Å². The molecule has 1 atom stereocenters. The molecule has 2 aliphatic rings. The molecule has 5 rings (SSSR count). The zero-order valence-corrected chi connectivity index (χ0v) is 23.0. The van der Waals surface area contributed by atoms with Gasteiger partial charge in [-0.3, -0.25) is 19.4 Å². The number of carbonyl (C=O) groups is 1. The van der Waals surface area contributed by atoms with Gasteiger partial charge in [-0.15, -0.1) is 0 Å². The van der Waals surface area contributed by atoms with Crippen molar-refractivity contribution in [2.75, 3.05) is 39.4 Å². The molecule has 9 heteroatoms. The quantitative estimate of drug-likeness (QED) is 0.463. The first-order chi connectivity index (χ1) is 19.4. The van der Waals surface area contributed by atoms with E-state index < -0.39 is 17.4 Å². The van der Waals surface area contributed by atoms with Crippen molar-refractivity contribution in [1.29, 1.82) is 0 Å². The molecule has 0 saturated carbocycles. The fourth-order valence-electron chi connectivity index (χ4n) is 5.17. The normalized spacial score (nSPS) is 18.5. The van der Waals surface area contributed by atoms with Crippen LogP contribution in [0.15, 0.2) is 59.7 Å². The summed E-state index contributed by atoms with van der Waals surface area (Å²) in [6.45, 7) is 9.76. The Labute approximate surface area is 234 Å². The molecule has 1 amide bonds. The minimum absolute atomic E-state index is 0.0124. The monoisotopic (exact) mass is 541 g/mol. The predicted octanol–water partition coefficient (Wildman–Crippen LogP) is 2.50. The number of amides is 1. The fourth-order valence-corrected chi connectivity index (χ4v) is 5.17. The van der Waals surface area contributed by atoms with Crippen LogP contribution in [0, 0.1) is 11.8 Å². The molecule has 2 aliphatic heterocycles. The van der Waals surface area contributed by atoms with Gasteiger partial charge in [0.15, 0.2) is 0 Å². The Hall–Kier alpha value is -3.97. The lowest BCUT2D eigenvalue weighted by atomic mass is 9.98. The first-order valence-corrected chi connectivity index (χ1v) is 13.7. The summed E-state index contributed by atoms with van der Waals surface area (Å²) in [6.07, 6.45) is 1.27. The SMILES string of the molecule is CC(C)N1CCN(Cc2nc[nH]c(=O)c2O)C(c2ccc(C#Cc3ccc(CN4CCOCC4)cc3)cc2)C1=O. The smallest absolute Gasteiger partial charge is 0.293 e. The van der Waals surface area contributed by atoms with Gasteiger partial charge in [-0.25, -0.2) is 4.98 Å². The number of aromatic amines is 1. The first-order valence-electron chi connectivity index (χ1n) is 13.7. The maximum Gasteiger partial charge on any atom is 0.293 e. The van der Waals surface area contributed by atoms with E-state index in [9.17, 15) is 14.7 Å². The Morgan fingerprint density at radius 2 is 1.60 bits per heavy atom. The number of hydrogen-bond acceptors (Lipinski definition) is 7. The van der Waals surface area contributed by atoms with Crippen molar-refractivity contribution >= 4 is 5.91 Å². The average Bonchev–Trinajstić information content (AvgIpc) is 2.96. The Balaban J connectivity index is 1.31. The van der Waals surface area contributed by atoms with Crippen molar-refractivity contribution in [3.05, 3.63) is 93.2 Å². The number of nitrogens with one attached hydrogen (secondary N) is 1. The third-order valence-electron chi connectivity index (χ3n) is 7.43. The molecule has 0 aliphatic carbocycles. The number of aromatic nitrogens is 2. The van der Waals surface area contributed by atoms with Crippen molar-refractivity contribution in [2.45, 2.75) is 39.0 Å². The molecule has 0 bridgehead atoms. The Kier molecular flexibility index (Phi) is 8.60. The second-order valence-electron chi connectivity index (χ2n) is 10.5. The number of benzene rings is 2. The highest BCUT2D eigenvalue weighted by atomic mass is 16.5. The topological polar surface area (TPSA) is 102 Å². The Bertz CT molecular complexity index is 1430. The van der Waals surface area contributed by atoms with Gasteiger partial charge in [-0.2, -0.15) is 0 Å². The summed E-state index contributed by atoms with van der Waals surface area (Å²) in [6, 6.07) is 15.6. The number of ether oxygens (including phenoxy) is 1. The third-order valence-corrected chi connectivity index (χ3v) is 7.43. The van der Waals surface area contributed by atoms with Crippen molar-refractivity contribution in [3.63, 3.8) is 0 Å². The Morgan fingerprint density at radius 3 is 2.25 bits per heavy atom. The molecule has 208 valence electrons. The van der Waals surface area contributed by atoms with E-state index in [0.29, 0.717) is 13.1 Å². The van der Waals surface area contributed by atoms with Gasteiger partial charge >= 0.3 is 0 Å². The third kappa shape index (κ3) is 6.42. The highest BCUT2D eigenvalue weighted by Crippen LogP contribution is 2.30. The lowest BCUT2D eigenvalue weighted by Gasteiger charge is -2.42. The van der Waals surface area contributed by atoms with Crippen LogP contribution in [0.3, 0.4) is 0 Å². The number of carbonyl (C=O) groups excluding carboxylic acids is 1. The van der Waals surface area contributed by atoms with E-state index in [-0.39, 0.29) is 24.2 Å². The number of H-pyrrole nitrogens is 1. The van der Waals surface area contributed by atoms with Gasteiger partial charge in [0.1, 0.15) is 11.7 Å². The zero-order valence-electron chi connectivity index (χ0n) is 23.0. The van der Waals surface area contributed by atoms with Gasteiger partial charge in [0.25, 0.3) is 5.56 Å².